The fourth-order valence-electron chi connectivity index (χ4n) is 2.18. The van der Waals surface area contributed by atoms with Gasteiger partial charge in [-0.25, -0.2) is 4.98 Å². The monoisotopic (exact) mass is 336 g/mol. The molecule has 0 saturated heterocycles. The summed E-state index contributed by atoms with van der Waals surface area (Å²) < 4.78 is 6.60. The molecule has 0 fully saturated rings. The summed E-state index contributed by atoms with van der Waals surface area (Å²) in [5.74, 6) is 1.33. The van der Waals surface area contributed by atoms with E-state index in [0.29, 0.717) is 19.0 Å². The van der Waals surface area contributed by atoms with Crippen LogP contribution in [-0.4, -0.2) is 27.7 Å². The summed E-state index contributed by atoms with van der Waals surface area (Å²) in [5, 5.41) is 9.27. The highest BCUT2D eigenvalue weighted by Gasteiger charge is 2.18. The summed E-state index contributed by atoms with van der Waals surface area (Å²) in [5.41, 5.74) is 2.12. The van der Waals surface area contributed by atoms with Gasteiger partial charge in [0.25, 0.3) is 5.91 Å². The van der Waals surface area contributed by atoms with E-state index in [0.717, 1.165) is 27.8 Å². The second-order valence-corrected chi connectivity index (χ2v) is 5.49. The lowest BCUT2D eigenvalue weighted by Crippen LogP contribution is -2.24. The number of ether oxygens (including phenoxy) is 1. The van der Waals surface area contributed by atoms with Crippen LogP contribution in [0.15, 0.2) is 16.6 Å². The number of aryl methyl sites for hydroxylation is 1. The van der Waals surface area contributed by atoms with Crippen molar-refractivity contribution in [1.82, 2.24) is 20.5 Å². The van der Waals surface area contributed by atoms with Crippen LogP contribution in [0.4, 0.5) is 0 Å². The van der Waals surface area contributed by atoms with Crippen LogP contribution in [0.25, 0.3) is 0 Å². The average Bonchev–Trinajstić information content (AvgIpc) is 3.03. The molecule has 2 N–H and O–H groups in total. The summed E-state index contributed by atoms with van der Waals surface area (Å²) in [4.78, 5) is 15.9. The molecule has 1 aromatic heterocycles. The van der Waals surface area contributed by atoms with E-state index in [4.69, 9.17) is 4.74 Å². The molecule has 0 bridgehead atoms. The van der Waals surface area contributed by atoms with Crippen LogP contribution in [0.2, 0.25) is 0 Å². The average molecular weight is 337 g/mol. The maximum Gasteiger partial charge on any atom is 0.291 e. The number of H-pyrrole nitrogens is 1. The van der Waals surface area contributed by atoms with Crippen molar-refractivity contribution in [3.05, 3.63) is 39.4 Å². The van der Waals surface area contributed by atoms with Crippen LogP contribution in [0, 0.1) is 6.92 Å². The van der Waals surface area contributed by atoms with Crippen molar-refractivity contribution in [2.75, 3.05) is 6.61 Å². The third-order valence-electron chi connectivity index (χ3n) is 3.07. The minimum Gasteiger partial charge on any atom is -0.493 e. The lowest BCUT2D eigenvalue weighted by molar-refractivity contribution is 0.0940. The highest BCUT2D eigenvalue weighted by molar-refractivity contribution is 9.10. The van der Waals surface area contributed by atoms with Crippen molar-refractivity contribution < 1.29 is 9.53 Å². The number of benzene rings is 1. The van der Waals surface area contributed by atoms with Gasteiger partial charge >= 0.3 is 0 Å². The lowest BCUT2D eigenvalue weighted by atomic mass is 10.1. The van der Waals surface area contributed by atoms with Gasteiger partial charge in [0, 0.05) is 23.0 Å². The standard InChI is InChI=1S/C13H13BrN4O2/c1-7-16-12(18-17-7)13(19)15-6-9-5-10(14)4-8-2-3-20-11(8)9/h4-5H,2-3,6H2,1H3,(H,15,19)(H,16,17,18). The van der Waals surface area contributed by atoms with Gasteiger partial charge in [0.1, 0.15) is 11.6 Å². The van der Waals surface area contributed by atoms with Crippen molar-refractivity contribution in [3.63, 3.8) is 0 Å². The summed E-state index contributed by atoms with van der Waals surface area (Å²) in [6, 6.07) is 4.00. The molecule has 7 heteroatoms. The molecule has 20 heavy (non-hydrogen) atoms. The maximum absolute atomic E-state index is 11.9. The molecule has 0 radical (unpaired) electrons. The second-order valence-electron chi connectivity index (χ2n) is 4.58. The molecule has 1 aliphatic rings. The molecule has 2 aromatic rings. The highest BCUT2D eigenvalue weighted by Crippen LogP contribution is 2.32. The highest BCUT2D eigenvalue weighted by atomic mass is 79.9. The normalized spacial score (nSPS) is 12.9. The van der Waals surface area contributed by atoms with E-state index >= 15 is 0 Å². The van der Waals surface area contributed by atoms with Crippen molar-refractivity contribution in [2.24, 2.45) is 0 Å². The van der Waals surface area contributed by atoms with Crippen LogP contribution < -0.4 is 10.1 Å². The Hall–Kier alpha value is -1.89. The molecule has 1 aromatic carbocycles. The van der Waals surface area contributed by atoms with E-state index in [1.54, 1.807) is 6.92 Å². The quantitative estimate of drug-likeness (QED) is 0.894. The Morgan fingerprint density at radius 2 is 2.40 bits per heavy atom. The van der Waals surface area contributed by atoms with Gasteiger partial charge in [0.15, 0.2) is 0 Å². The van der Waals surface area contributed by atoms with Crippen molar-refractivity contribution >= 4 is 21.8 Å². The number of hydrogen-bond acceptors (Lipinski definition) is 4. The second kappa shape index (κ2) is 5.24. The maximum atomic E-state index is 11.9. The molecular formula is C13H13BrN4O2. The smallest absolute Gasteiger partial charge is 0.291 e. The van der Waals surface area contributed by atoms with Crippen LogP contribution >= 0.6 is 15.9 Å². The number of aromatic amines is 1. The fourth-order valence-corrected chi connectivity index (χ4v) is 2.73. The third kappa shape index (κ3) is 2.53. The van der Waals surface area contributed by atoms with E-state index in [1.165, 1.54) is 0 Å². The number of amides is 1. The van der Waals surface area contributed by atoms with Crippen LogP contribution in [0.1, 0.15) is 27.6 Å². The molecule has 104 valence electrons. The summed E-state index contributed by atoms with van der Waals surface area (Å²) in [6.45, 7) is 2.82. The summed E-state index contributed by atoms with van der Waals surface area (Å²) in [7, 11) is 0. The van der Waals surface area contributed by atoms with Crippen LogP contribution in [0.5, 0.6) is 5.75 Å². The first-order valence-corrected chi connectivity index (χ1v) is 7.04. The van der Waals surface area contributed by atoms with Gasteiger partial charge < -0.3 is 10.1 Å². The van der Waals surface area contributed by atoms with Crippen molar-refractivity contribution in [2.45, 2.75) is 19.9 Å². The van der Waals surface area contributed by atoms with Gasteiger partial charge in [-0.3, -0.25) is 9.89 Å². The first-order chi connectivity index (χ1) is 9.63. The SMILES string of the molecule is Cc1nc(C(=O)NCc2cc(Br)cc3c2OCC3)n[nH]1. The molecule has 0 atom stereocenters. The number of rotatable bonds is 3. The number of aromatic nitrogens is 3. The number of carbonyl (C=O) groups is 1. The number of halogens is 1. The van der Waals surface area contributed by atoms with Crippen LogP contribution in [-0.2, 0) is 13.0 Å². The number of fused-ring (bicyclic) bond motifs is 1. The Labute approximate surface area is 124 Å². The Balaban J connectivity index is 1.74. The van der Waals surface area contributed by atoms with E-state index in [-0.39, 0.29) is 11.7 Å². The Kier molecular flexibility index (Phi) is 3.43. The number of hydrogen-bond donors (Lipinski definition) is 2. The molecule has 1 aliphatic heterocycles. The van der Waals surface area contributed by atoms with Crippen LogP contribution in [0.3, 0.4) is 0 Å². The van der Waals surface area contributed by atoms with E-state index < -0.39 is 0 Å². The lowest BCUT2D eigenvalue weighted by Gasteiger charge is -2.09. The van der Waals surface area contributed by atoms with Crippen molar-refractivity contribution in [3.8, 4) is 5.75 Å². The molecule has 1 amide bonds. The Bertz CT molecular complexity index is 668. The minimum atomic E-state index is -0.305. The van der Waals surface area contributed by atoms with Gasteiger partial charge in [-0.1, -0.05) is 15.9 Å². The van der Waals surface area contributed by atoms with E-state index in [2.05, 4.69) is 36.4 Å². The first-order valence-electron chi connectivity index (χ1n) is 6.25. The number of nitrogens with one attached hydrogen (secondary N) is 2. The molecule has 2 heterocycles. The zero-order chi connectivity index (χ0) is 14.1. The van der Waals surface area contributed by atoms with Gasteiger partial charge in [0.2, 0.25) is 5.82 Å². The summed E-state index contributed by atoms with van der Waals surface area (Å²) >= 11 is 3.47. The predicted molar refractivity (Wildman–Crippen MR) is 75.6 cm³/mol. The zero-order valence-electron chi connectivity index (χ0n) is 10.9. The van der Waals surface area contributed by atoms with E-state index in [9.17, 15) is 4.79 Å². The topological polar surface area (TPSA) is 79.9 Å². The predicted octanol–water partition coefficient (Wildman–Crippen LogP) is 1.74. The molecule has 0 aliphatic carbocycles. The zero-order valence-corrected chi connectivity index (χ0v) is 12.5. The van der Waals surface area contributed by atoms with E-state index in [1.807, 2.05) is 12.1 Å². The third-order valence-corrected chi connectivity index (χ3v) is 3.52. The van der Waals surface area contributed by atoms with Gasteiger partial charge in [-0.05, 0) is 24.6 Å². The number of carbonyl (C=O) groups excluding carboxylic acids is 1. The molecule has 6 nitrogen and oxygen atoms in total. The molecule has 0 saturated carbocycles. The molecule has 3 rings (SSSR count). The van der Waals surface area contributed by atoms with Gasteiger partial charge in [-0.2, -0.15) is 0 Å². The fraction of sp³-hybridized carbons (Fsp3) is 0.308. The number of nitrogens with zero attached hydrogens (tertiary/aromatic N) is 2. The molecule has 0 unspecified atom stereocenters. The molecular weight excluding hydrogens is 324 g/mol. The minimum absolute atomic E-state index is 0.148. The summed E-state index contributed by atoms with van der Waals surface area (Å²) in [6.07, 6.45) is 0.899. The van der Waals surface area contributed by atoms with Gasteiger partial charge in [0.05, 0.1) is 6.61 Å². The first kappa shape index (κ1) is 13.1. The Morgan fingerprint density at radius 1 is 1.55 bits per heavy atom. The Morgan fingerprint density at radius 3 is 3.15 bits per heavy atom. The molecule has 0 spiro atoms. The van der Waals surface area contributed by atoms with Crippen molar-refractivity contribution in [1.29, 1.82) is 0 Å². The van der Waals surface area contributed by atoms with Gasteiger partial charge in [-0.15, -0.1) is 5.10 Å². The largest absolute Gasteiger partial charge is 0.493 e.